The third-order valence-corrected chi connectivity index (χ3v) is 9.66. The molecular formula is C43H82NO7+. The van der Waals surface area contributed by atoms with Gasteiger partial charge in [0, 0.05) is 19.3 Å². The summed E-state index contributed by atoms with van der Waals surface area (Å²) >= 11 is 0. The molecule has 2 unspecified atom stereocenters. The number of carbonyl (C=O) groups excluding carboxylic acids is 2. The van der Waals surface area contributed by atoms with E-state index in [1.54, 1.807) is 0 Å². The van der Waals surface area contributed by atoms with Gasteiger partial charge in [-0.25, -0.2) is 4.79 Å². The van der Waals surface area contributed by atoms with E-state index in [9.17, 15) is 19.5 Å². The van der Waals surface area contributed by atoms with Gasteiger partial charge < -0.3 is 23.8 Å². The van der Waals surface area contributed by atoms with Crippen LogP contribution in [-0.2, 0) is 28.6 Å². The van der Waals surface area contributed by atoms with E-state index in [4.69, 9.17) is 14.2 Å². The molecule has 51 heavy (non-hydrogen) atoms. The van der Waals surface area contributed by atoms with Crippen molar-refractivity contribution in [2.24, 2.45) is 0 Å². The molecule has 0 spiro atoms. The molecule has 8 heteroatoms. The van der Waals surface area contributed by atoms with Crippen molar-refractivity contribution in [3.05, 3.63) is 12.2 Å². The Kier molecular flexibility index (Phi) is 33.8. The second-order valence-electron chi connectivity index (χ2n) is 15.6. The predicted molar refractivity (Wildman–Crippen MR) is 211 cm³/mol. The minimum absolute atomic E-state index is 0.0471. The van der Waals surface area contributed by atoms with Gasteiger partial charge in [0.25, 0.3) is 0 Å². The minimum atomic E-state index is -0.874. The van der Waals surface area contributed by atoms with Crippen LogP contribution in [0.25, 0.3) is 0 Å². The standard InChI is InChI=1S/C43H81NO7/c1-6-8-10-12-14-16-18-20-21-22-24-26-28-30-32-34-42(46)51-39(37-49-36-35-40(43(47)48)44(3,4)5)38-50-41(45)33-31-29-27-25-23-19-17-15-13-11-9-7-2/h16,18,39-40H,6-15,17,19-38H2,1-5H3/p+1/b18-16+. The Morgan fingerprint density at radius 3 is 1.43 bits per heavy atom. The number of allylic oxidation sites excluding steroid dienone is 2. The Labute approximate surface area is 314 Å². The van der Waals surface area contributed by atoms with E-state index in [-0.39, 0.29) is 36.2 Å². The molecule has 2 atom stereocenters. The molecule has 1 N–H and O–H groups in total. The van der Waals surface area contributed by atoms with E-state index in [0.717, 1.165) is 38.5 Å². The number of hydrogen-bond donors (Lipinski definition) is 1. The second kappa shape index (κ2) is 35.1. The number of hydrogen-bond acceptors (Lipinski definition) is 6. The number of nitrogens with zero attached hydrogens (tertiary/aromatic N) is 1. The van der Waals surface area contributed by atoms with Gasteiger partial charge in [0.05, 0.1) is 34.4 Å². The Morgan fingerprint density at radius 1 is 0.569 bits per heavy atom. The summed E-state index contributed by atoms with van der Waals surface area (Å²) in [6.45, 7) is 4.73. The molecule has 0 bridgehead atoms. The molecule has 0 aliphatic rings. The fraction of sp³-hybridized carbons (Fsp3) is 0.884. The zero-order chi connectivity index (χ0) is 37.8. The average Bonchev–Trinajstić information content (AvgIpc) is 3.08. The van der Waals surface area contributed by atoms with Crippen molar-refractivity contribution in [2.75, 3.05) is 41.0 Å². The molecule has 0 radical (unpaired) electrons. The molecule has 0 saturated carbocycles. The summed E-state index contributed by atoms with van der Waals surface area (Å²) in [5.74, 6) is -1.46. The van der Waals surface area contributed by atoms with Crippen LogP contribution in [0.2, 0.25) is 0 Å². The smallest absolute Gasteiger partial charge is 0.362 e. The SMILES string of the molecule is CCCCCC/C=C/CCCCCCCCCC(=O)OC(COCCC(C(=O)O)[N+](C)(C)C)COC(=O)CCCCCCCCCCCCCC. The molecule has 0 heterocycles. The van der Waals surface area contributed by atoms with Crippen LogP contribution in [0.5, 0.6) is 0 Å². The van der Waals surface area contributed by atoms with Crippen LogP contribution in [0, 0.1) is 0 Å². The van der Waals surface area contributed by atoms with Crippen LogP contribution in [-0.4, -0.2) is 80.6 Å². The van der Waals surface area contributed by atoms with Crippen LogP contribution >= 0.6 is 0 Å². The Morgan fingerprint density at radius 2 is 0.980 bits per heavy atom. The number of carboxylic acids is 1. The van der Waals surface area contributed by atoms with Crippen LogP contribution in [0.1, 0.15) is 194 Å². The molecule has 8 nitrogen and oxygen atoms in total. The van der Waals surface area contributed by atoms with Crippen molar-refractivity contribution in [3.8, 4) is 0 Å². The van der Waals surface area contributed by atoms with Gasteiger partial charge in [-0.2, -0.15) is 0 Å². The van der Waals surface area contributed by atoms with Crippen LogP contribution < -0.4 is 0 Å². The van der Waals surface area contributed by atoms with Gasteiger partial charge in [0.15, 0.2) is 12.1 Å². The highest BCUT2D eigenvalue weighted by Gasteiger charge is 2.31. The maximum absolute atomic E-state index is 12.7. The number of aliphatic carboxylic acids is 1. The molecule has 0 amide bonds. The van der Waals surface area contributed by atoms with E-state index in [1.807, 2.05) is 21.1 Å². The van der Waals surface area contributed by atoms with Crippen LogP contribution in [0.4, 0.5) is 0 Å². The first-order chi connectivity index (χ1) is 24.6. The molecule has 300 valence electrons. The normalized spacial score (nSPS) is 13.0. The van der Waals surface area contributed by atoms with E-state index in [0.29, 0.717) is 19.3 Å². The van der Waals surface area contributed by atoms with Gasteiger partial charge in [-0.3, -0.25) is 9.59 Å². The third-order valence-electron chi connectivity index (χ3n) is 9.66. The van der Waals surface area contributed by atoms with Crippen LogP contribution in [0.3, 0.4) is 0 Å². The van der Waals surface area contributed by atoms with Crippen molar-refractivity contribution in [1.82, 2.24) is 0 Å². The number of carboxylic acid groups (broad SMARTS) is 1. The number of quaternary nitrogens is 1. The second-order valence-corrected chi connectivity index (χ2v) is 15.6. The molecule has 0 aliphatic carbocycles. The molecule has 0 aromatic rings. The highest BCUT2D eigenvalue weighted by Crippen LogP contribution is 2.15. The summed E-state index contributed by atoms with van der Waals surface area (Å²) in [6, 6.07) is -0.610. The zero-order valence-corrected chi connectivity index (χ0v) is 34.1. The maximum atomic E-state index is 12.7. The summed E-state index contributed by atoms with van der Waals surface area (Å²) in [5, 5.41) is 9.60. The summed E-state index contributed by atoms with van der Waals surface area (Å²) < 4.78 is 17.2. The van der Waals surface area contributed by atoms with Crippen molar-refractivity contribution < 1.29 is 38.2 Å². The fourth-order valence-corrected chi connectivity index (χ4v) is 6.32. The summed E-state index contributed by atoms with van der Waals surface area (Å²) in [7, 11) is 5.53. The highest BCUT2D eigenvalue weighted by atomic mass is 16.6. The van der Waals surface area contributed by atoms with Crippen molar-refractivity contribution in [1.29, 1.82) is 0 Å². The first kappa shape index (κ1) is 49.1. The van der Waals surface area contributed by atoms with E-state index < -0.39 is 18.1 Å². The predicted octanol–water partition coefficient (Wildman–Crippen LogP) is 11.1. The lowest BCUT2D eigenvalue weighted by Gasteiger charge is -2.31. The minimum Gasteiger partial charge on any atom is -0.477 e. The fourth-order valence-electron chi connectivity index (χ4n) is 6.32. The lowest BCUT2D eigenvalue weighted by molar-refractivity contribution is -0.887. The molecular weight excluding hydrogens is 642 g/mol. The van der Waals surface area contributed by atoms with Gasteiger partial charge in [-0.15, -0.1) is 0 Å². The molecule has 0 fully saturated rings. The number of ether oxygens (including phenoxy) is 3. The topological polar surface area (TPSA) is 99.1 Å². The van der Waals surface area contributed by atoms with E-state index in [1.165, 1.54) is 122 Å². The first-order valence-corrected chi connectivity index (χ1v) is 21.2. The number of unbranched alkanes of at least 4 members (excludes halogenated alkanes) is 22. The summed E-state index contributed by atoms with van der Waals surface area (Å²) in [4.78, 5) is 36.9. The maximum Gasteiger partial charge on any atom is 0.362 e. The summed E-state index contributed by atoms with van der Waals surface area (Å²) in [6.07, 6.45) is 35.3. The van der Waals surface area contributed by atoms with Crippen molar-refractivity contribution in [2.45, 2.75) is 206 Å². The molecule has 0 aromatic carbocycles. The van der Waals surface area contributed by atoms with Gasteiger partial charge in [0.1, 0.15) is 6.61 Å². The van der Waals surface area contributed by atoms with Crippen molar-refractivity contribution in [3.63, 3.8) is 0 Å². The Bertz CT molecular complexity index is 854. The van der Waals surface area contributed by atoms with Crippen molar-refractivity contribution >= 4 is 17.9 Å². The third kappa shape index (κ3) is 33.6. The van der Waals surface area contributed by atoms with Gasteiger partial charge >= 0.3 is 17.9 Å². The van der Waals surface area contributed by atoms with Crippen LogP contribution in [0.15, 0.2) is 12.2 Å². The molecule has 0 aromatic heterocycles. The number of esters is 2. The first-order valence-electron chi connectivity index (χ1n) is 21.2. The summed E-state index contributed by atoms with van der Waals surface area (Å²) in [5.41, 5.74) is 0. The van der Waals surface area contributed by atoms with Gasteiger partial charge in [0.2, 0.25) is 0 Å². The monoisotopic (exact) mass is 725 g/mol. The lowest BCUT2D eigenvalue weighted by atomic mass is 10.0. The highest BCUT2D eigenvalue weighted by molar-refractivity contribution is 5.72. The molecule has 0 saturated heterocycles. The zero-order valence-electron chi connectivity index (χ0n) is 34.1. The Balaban J connectivity index is 4.35. The molecule has 0 rings (SSSR count). The Hall–Kier alpha value is -1.93. The molecule has 0 aliphatic heterocycles. The lowest BCUT2D eigenvalue weighted by Crippen LogP contribution is -2.50. The van der Waals surface area contributed by atoms with Gasteiger partial charge in [-0.1, -0.05) is 148 Å². The number of likely N-dealkylation sites (N-methyl/N-ethyl adjacent to an activating group) is 1. The quantitative estimate of drug-likeness (QED) is 0.0293. The van der Waals surface area contributed by atoms with E-state index >= 15 is 0 Å². The largest absolute Gasteiger partial charge is 0.477 e. The van der Waals surface area contributed by atoms with Gasteiger partial charge in [-0.05, 0) is 38.5 Å². The average molecular weight is 725 g/mol. The van der Waals surface area contributed by atoms with E-state index in [2.05, 4.69) is 26.0 Å². The number of carbonyl (C=O) groups is 3. The number of rotatable bonds is 38.